The molecular formula is C40H59Br4Cl6N12O4PS2. The van der Waals surface area contributed by atoms with Gasteiger partial charge in [0, 0.05) is 58.8 Å². The molecule has 29 heteroatoms. The van der Waals surface area contributed by atoms with Crippen LogP contribution in [0.2, 0.25) is 31.3 Å². The number of aromatic nitrogens is 12. The van der Waals surface area contributed by atoms with Gasteiger partial charge in [-0.3, -0.25) is 14.6 Å². The first-order chi connectivity index (χ1) is 31.2. The monoisotopic (exact) mass is 1390 g/mol. The maximum atomic E-state index is 11.4. The molecule has 69 heavy (non-hydrogen) atoms. The Morgan fingerprint density at radius 3 is 1.46 bits per heavy atom. The molecule has 6 rings (SSSR count). The summed E-state index contributed by atoms with van der Waals surface area (Å²) in [4.78, 5) is 49.9. The van der Waals surface area contributed by atoms with Gasteiger partial charge in [-0.05, 0) is 163 Å². The van der Waals surface area contributed by atoms with Crippen molar-refractivity contribution in [2.24, 2.45) is 0 Å². The second kappa shape index (κ2) is 35.4. The van der Waals surface area contributed by atoms with Crippen molar-refractivity contribution in [2.75, 3.05) is 0 Å². The van der Waals surface area contributed by atoms with E-state index in [1.807, 2.05) is 55.2 Å². The van der Waals surface area contributed by atoms with Crippen molar-refractivity contribution in [2.45, 2.75) is 138 Å². The molecule has 0 saturated carbocycles. The van der Waals surface area contributed by atoms with Crippen LogP contribution in [0.25, 0.3) is 0 Å². The Labute approximate surface area is 477 Å². The fourth-order valence-corrected chi connectivity index (χ4v) is 9.41. The fraction of sp³-hybridized carbons (Fsp3) is 0.500. The molecule has 0 aliphatic heterocycles. The first-order valence-electron chi connectivity index (χ1n) is 19.5. The number of alkyl halides is 1. The minimum Gasteiger partial charge on any atom is -0.390 e. The molecule has 6 aromatic rings. The fourth-order valence-electron chi connectivity index (χ4n) is 5.46. The molecule has 0 amide bonds. The van der Waals surface area contributed by atoms with E-state index >= 15 is 0 Å². The van der Waals surface area contributed by atoms with Crippen LogP contribution in [-0.2, 0) is 24.3 Å². The van der Waals surface area contributed by atoms with E-state index < -0.39 is 0 Å². The van der Waals surface area contributed by atoms with Crippen LogP contribution in [0.4, 0.5) is 0 Å². The van der Waals surface area contributed by atoms with E-state index in [0.717, 1.165) is 22.8 Å². The van der Waals surface area contributed by atoms with Crippen molar-refractivity contribution in [1.29, 1.82) is 0 Å². The second-order valence-electron chi connectivity index (χ2n) is 14.5. The lowest BCUT2D eigenvalue weighted by molar-refractivity contribution is 0.268. The van der Waals surface area contributed by atoms with Crippen molar-refractivity contribution < 1.29 is 10.2 Å². The summed E-state index contributed by atoms with van der Waals surface area (Å²) in [5, 5.41) is 21.2. The van der Waals surface area contributed by atoms with E-state index in [9.17, 15) is 9.59 Å². The van der Waals surface area contributed by atoms with Gasteiger partial charge in [0.25, 0.3) is 11.1 Å². The SMILES string of the molecule is BrP(Br)Br.C.C.CC(C)n1c(Cl)nc(Cl)c1CBr.CC(C)n1c(Cl)nc(Cl)c1CO.CC(C)n1cncc1CO.Cc1cc(=O)[nH]c(=S)[nH]1.Cc1cc(=O)[nH]c(SCc2c(Cl)nc(Cl)n2C(C)C)n1. The average molecular weight is 1400 g/mol. The molecule has 0 aromatic carbocycles. The third kappa shape index (κ3) is 24.4. The van der Waals surface area contributed by atoms with Gasteiger partial charge in [0.2, 0.25) is 15.9 Å². The van der Waals surface area contributed by atoms with E-state index in [1.165, 1.54) is 23.9 Å². The van der Waals surface area contributed by atoms with Crippen molar-refractivity contribution in [3.05, 3.63) is 116 Å². The second-order valence-corrected chi connectivity index (χ2v) is 33.9. The topological polar surface area (TPSA) is 206 Å². The molecule has 390 valence electrons. The van der Waals surface area contributed by atoms with Gasteiger partial charge in [-0.15, -0.1) is 0 Å². The Kier molecular flexibility index (Phi) is 36.0. The van der Waals surface area contributed by atoms with Gasteiger partial charge in [-0.25, -0.2) is 24.9 Å². The van der Waals surface area contributed by atoms with E-state index in [-0.39, 0.29) is 66.5 Å². The third-order valence-electron chi connectivity index (χ3n) is 8.13. The number of hydrogen-bond donors (Lipinski definition) is 5. The molecule has 0 aliphatic carbocycles. The standard InChI is InChI=1S/C12H14Cl2N4OS.C7H9BrCl2N2.C7H10Cl2N2O.C7H12N2O.C5H6N2OS.2CH4.Br3P/c1-6(2)18-8(10(13)17-11(18)14)5-20-12-15-7(3)4-9(19)16-12;1-4(2)12-5(3-8)6(9)11-7(12)10;1-4(2)11-5(3-12)6(8)10-7(11)9;1-6(2)9-5-8-3-7(9)4-10;1-3-2-4(8)7-5(9)6-3;;;1-4(2)3/h4,6H,5H2,1-3H3,(H,15,16,19);4H,3H2,1-2H3;4,12H,3H2,1-2H3;3,5-6,10H,4H2,1-2H3;2H,1H3,(H2,6,7,8,9);2*1H4;. The summed E-state index contributed by atoms with van der Waals surface area (Å²) in [6, 6.07) is 3.87. The van der Waals surface area contributed by atoms with Crippen molar-refractivity contribution in [3.8, 4) is 0 Å². The smallest absolute Gasteiger partial charge is 0.251 e. The number of nitrogens with zero attached hydrogens (tertiary/aromatic N) is 9. The molecule has 0 unspecified atom stereocenters. The Bertz CT molecular complexity index is 2530. The van der Waals surface area contributed by atoms with Crippen molar-refractivity contribution >= 4 is 160 Å². The molecule has 16 nitrogen and oxygen atoms in total. The summed E-state index contributed by atoms with van der Waals surface area (Å²) < 4.78 is 7.60. The van der Waals surface area contributed by atoms with Crippen LogP contribution < -0.4 is 11.1 Å². The van der Waals surface area contributed by atoms with Crippen molar-refractivity contribution in [3.63, 3.8) is 0 Å². The molecule has 6 heterocycles. The van der Waals surface area contributed by atoms with E-state index in [2.05, 4.69) is 128 Å². The normalized spacial score (nSPS) is 10.5. The maximum Gasteiger partial charge on any atom is 0.251 e. The predicted molar refractivity (Wildman–Crippen MR) is 308 cm³/mol. The Hall–Kier alpha value is -0.820. The number of hydrogen-bond acceptors (Lipinski definition) is 11. The Morgan fingerprint density at radius 2 is 1.12 bits per heavy atom. The number of aryl methyl sites for hydroxylation is 2. The number of thioether (sulfide) groups is 1. The number of aliphatic hydroxyl groups is 2. The van der Waals surface area contributed by atoms with Crippen LogP contribution in [0, 0.1) is 18.6 Å². The van der Waals surface area contributed by atoms with Crippen LogP contribution >= 0.6 is 160 Å². The highest BCUT2D eigenvalue weighted by Crippen LogP contribution is 2.59. The summed E-state index contributed by atoms with van der Waals surface area (Å²) in [6.45, 7) is 19.6. The number of nitrogens with one attached hydrogen (secondary N) is 3. The van der Waals surface area contributed by atoms with E-state index in [4.69, 9.17) is 79.8 Å². The average Bonchev–Trinajstić information content (AvgIpc) is 3.95. The number of halogens is 10. The van der Waals surface area contributed by atoms with E-state index in [1.54, 1.807) is 30.9 Å². The predicted octanol–water partition coefficient (Wildman–Crippen LogP) is 15.8. The summed E-state index contributed by atoms with van der Waals surface area (Å²) in [5.74, 6) is 0.531. The van der Waals surface area contributed by atoms with Gasteiger partial charge in [0.15, 0.2) is 25.4 Å². The van der Waals surface area contributed by atoms with Crippen LogP contribution in [0.5, 0.6) is 0 Å². The summed E-state index contributed by atoms with van der Waals surface area (Å²) >= 11 is 54.3. The highest BCUT2D eigenvalue weighted by atomic mass is 80.0. The van der Waals surface area contributed by atoms with Gasteiger partial charge in [0.1, 0.15) is 4.03 Å². The maximum absolute atomic E-state index is 11.4. The zero-order valence-corrected chi connectivity index (χ0v) is 51.1. The Balaban J connectivity index is 0. The first kappa shape index (κ1) is 70.3. The lowest BCUT2D eigenvalue weighted by atomic mass is 10.3. The van der Waals surface area contributed by atoms with Gasteiger partial charge >= 0.3 is 0 Å². The van der Waals surface area contributed by atoms with Crippen LogP contribution in [-0.4, -0.2) is 68.4 Å². The number of rotatable bonds is 10. The highest BCUT2D eigenvalue weighted by molar-refractivity contribution is 9.93. The Morgan fingerprint density at radius 1 is 0.681 bits per heavy atom. The quantitative estimate of drug-likeness (QED) is 0.0287. The lowest BCUT2D eigenvalue weighted by Gasteiger charge is -2.12. The van der Waals surface area contributed by atoms with Crippen LogP contribution in [0.15, 0.2) is 39.4 Å². The molecular weight excluding hydrogens is 1340 g/mol. The number of aromatic amines is 3. The van der Waals surface area contributed by atoms with Gasteiger partial charge in [-0.2, -0.15) is 0 Å². The minimum atomic E-state index is -0.183. The summed E-state index contributed by atoms with van der Waals surface area (Å²) in [5.41, 5.74) is 4.32. The number of aliphatic hydroxyl groups excluding tert-OH is 2. The number of H-pyrrole nitrogens is 3. The third-order valence-corrected chi connectivity index (χ3v) is 11.5. The zero-order valence-electron chi connectivity index (χ0n) is 37.7. The number of imidazole rings is 4. The van der Waals surface area contributed by atoms with E-state index in [0.29, 0.717) is 64.6 Å². The van der Waals surface area contributed by atoms with Crippen LogP contribution in [0.3, 0.4) is 0 Å². The summed E-state index contributed by atoms with van der Waals surface area (Å²) in [7, 11) is 0. The van der Waals surface area contributed by atoms with Crippen LogP contribution in [0.1, 0.15) is 129 Å². The van der Waals surface area contributed by atoms with Gasteiger partial charge in [-0.1, -0.05) is 77.3 Å². The molecule has 0 bridgehead atoms. The molecule has 0 radical (unpaired) electrons. The molecule has 6 aromatic heterocycles. The minimum absolute atomic E-state index is 0. The van der Waals surface area contributed by atoms with Gasteiger partial charge < -0.3 is 38.4 Å². The summed E-state index contributed by atoms with van der Waals surface area (Å²) in [6.07, 6.45) is 3.41. The molecule has 0 spiro atoms. The lowest BCUT2D eigenvalue weighted by Crippen LogP contribution is -2.09. The molecule has 0 atom stereocenters. The molecule has 0 aliphatic rings. The zero-order chi connectivity index (χ0) is 51.5. The highest BCUT2D eigenvalue weighted by Gasteiger charge is 2.18. The first-order valence-corrected chi connectivity index (χ1v) is 31.7. The largest absolute Gasteiger partial charge is 0.390 e. The molecule has 5 N–H and O–H groups in total. The van der Waals surface area contributed by atoms with Gasteiger partial charge in [0.05, 0.1) is 48.5 Å². The van der Waals surface area contributed by atoms with Crippen molar-refractivity contribution in [1.82, 2.24) is 58.1 Å². The molecule has 0 fully saturated rings. The molecule has 0 saturated heterocycles.